The van der Waals surface area contributed by atoms with E-state index in [1.165, 1.54) is 0 Å². The number of anilines is 1. The third-order valence-electron chi connectivity index (χ3n) is 3.26. The Morgan fingerprint density at radius 2 is 1.89 bits per heavy atom. The Morgan fingerprint density at radius 1 is 1.25 bits per heavy atom. The van der Waals surface area contributed by atoms with Gasteiger partial charge in [-0.05, 0) is 29.8 Å². The third kappa shape index (κ3) is 8.89. The Labute approximate surface area is 160 Å². The average molecular weight is 385 g/mol. The standard InChI is InChI=1S/C17H19N7O4/c18-17(19)11-3-5-12(6-4-11)22-14(25)7-8-15(26)23-13(10-16(27)28)2-1-9-21-24-20/h3-6,13H,7-10H2,(H3,18,19)(H,22,25)(H,23,26)(H,27,28). The summed E-state index contributed by atoms with van der Waals surface area (Å²) in [5.41, 5.74) is 14.5. The number of nitrogens with two attached hydrogens (primary N) is 1. The number of carboxylic acids is 1. The number of nitrogens with one attached hydrogen (secondary N) is 3. The van der Waals surface area contributed by atoms with Crippen LogP contribution >= 0.6 is 0 Å². The first kappa shape index (κ1) is 22.0. The summed E-state index contributed by atoms with van der Waals surface area (Å²) in [7, 11) is 0. The van der Waals surface area contributed by atoms with Crippen LogP contribution in [0.4, 0.5) is 5.69 Å². The molecule has 1 aromatic rings. The van der Waals surface area contributed by atoms with Crippen molar-refractivity contribution in [2.45, 2.75) is 25.3 Å². The number of hydrogen-bond donors (Lipinski definition) is 5. The Kier molecular flexibility index (Phi) is 9.09. The molecular weight excluding hydrogens is 366 g/mol. The molecule has 0 fully saturated rings. The Morgan fingerprint density at radius 3 is 2.46 bits per heavy atom. The summed E-state index contributed by atoms with van der Waals surface area (Å²) in [6.07, 6.45) is -0.707. The number of hydrogen-bond acceptors (Lipinski definition) is 5. The molecule has 6 N–H and O–H groups in total. The van der Waals surface area contributed by atoms with Gasteiger partial charge in [0.1, 0.15) is 11.9 Å². The number of carboxylic acid groups (broad SMARTS) is 1. The SMILES string of the molecule is [N-]=[N+]=NCC#CC(CC(=O)O)NC(=O)CCC(=O)Nc1ccc(C(=N)N)cc1. The summed E-state index contributed by atoms with van der Waals surface area (Å²) in [6.45, 7) is -0.146. The Balaban J connectivity index is 2.52. The molecule has 0 aliphatic rings. The highest BCUT2D eigenvalue weighted by molar-refractivity contribution is 5.96. The number of azide groups is 1. The number of amidine groups is 1. The molecular formula is C17H19N7O4. The molecule has 11 heteroatoms. The zero-order valence-electron chi connectivity index (χ0n) is 14.8. The van der Waals surface area contributed by atoms with Crippen LogP contribution in [-0.2, 0) is 14.4 Å². The number of carbonyl (C=O) groups is 3. The van der Waals surface area contributed by atoms with Crippen molar-refractivity contribution in [3.63, 3.8) is 0 Å². The van der Waals surface area contributed by atoms with Gasteiger partial charge in [-0.1, -0.05) is 17.0 Å². The summed E-state index contributed by atoms with van der Waals surface area (Å²) < 4.78 is 0. The third-order valence-corrected chi connectivity index (χ3v) is 3.26. The quantitative estimate of drug-likeness (QED) is 0.105. The molecule has 1 rings (SSSR count). The fourth-order valence-electron chi connectivity index (χ4n) is 2.00. The molecule has 11 nitrogen and oxygen atoms in total. The van der Waals surface area contributed by atoms with E-state index < -0.39 is 30.2 Å². The van der Waals surface area contributed by atoms with Crippen LogP contribution < -0.4 is 16.4 Å². The summed E-state index contributed by atoms with van der Waals surface area (Å²) in [5, 5.41) is 24.4. The van der Waals surface area contributed by atoms with Crippen LogP contribution in [0, 0.1) is 17.3 Å². The minimum Gasteiger partial charge on any atom is -0.481 e. The number of rotatable bonds is 9. The van der Waals surface area contributed by atoms with Crippen molar-refractivity contribution in [1.82, 2.24) is 5.32 Å². The predicted octanol–water partition coefficient (Wildman–Crippen LogP) is 0.963. The zero-order valence-corrected chi connectivity index (χ0v) is 14.8. The van der Waals surface area contributed by atoms with Gasteiger partial charge in [-0.2, -0.15) is 0 Å². The van der Waals surface area contributed by atoms with Gasteiger partial charge in [0.2, 0.25) is 11.8 Å². The lowest BCUT2D eigenvalue weighted by Gasteiger charge is -2.11. The number of carbonyl (C=O) groups excluding carboxylic acids is 2. The van der Waals surface area contributed by atoms with Gasteiger partial charge in [-0.15, -0.1) is 0 Å². The molecule has 0 aliphatic carbocycles. The van der Waals surface area contributed by atoms with Gasteiger partial charge in [0.25, 0.3) is 0 Å². The number of aliphatic carboxylic acids is 1. The summed E-state index contributed by atoms with van der Waals surface area (Å²) >= 11 is 0. The molecule has 146 valence electrons. The maximum absolute atomic E-state index is 11.9. The summed E-state index contributed by atoms with van der Waals surface area (Å²) in [6, 6.07) is 5.36. The molecule has 0 aromatic heterocycles. The highest BCUT2D eigenvalue weighted by atomic mass is 16.4. The van der Waals surface area contributed by atoms with Gasteiger partial charge in [0.15, 0.2) is 0 Å². The first-order chi connectivity index (χ1) is 13.3. The second-order valence-corrected chi connectivity index (χ2v) is 5.47. The monoisotopic (exact) mass is 385 g/mol. The van der Waals surface area contributed by atoms with E-state index >= 15 is 0 Å². The van der Waals surface area contributed by atoms with E-state index in [0.29, 0.717) is 11.3 Å². The molecule has 2 amide bonds. The zero-order chi connectivity index (χ0) is 20.9. The normalized spacial score (nSPS) is 10.4. The molecule has 1 aromatic carbocycles. The van der Waals surface area contributed by atoms with Crippen molar-refractivity contribution in [1.29, 1.82) is 5.41 Å². The maximum Gasteiger partial charge on any atom is 0.306 e. The molecule has 0 heterocycles. The lowest BCUT2D eigenvalue weighted by molar-refractivity contribution is -0.137. The first-order valence-electron chi connectivity index (χ1n) is 8.06. The van der Waals surface area contributed by atoms with Crippen LogP contribution in [0.3, 0.4) is 0 Å². The minimum atomic E-state index is -1.16. The molecule has 0 spiro atoms. The molecule has 1 atom stereocenters. The summed E-state index contributed by atoms with van der Waals surface area (Å²) in [5.74, 6) is 2.77. The molecule has 0 saturated heterocycles. The lowest BCUT2D eigenvalue weighted by atomic mass is 10.1. The number of benzene rings is 1. The molecule has 0 bridgehead atoms. The molecule has 0 saturated carbocycles. The van der Waals surface area contributed by atoms with Gasteiger partial charge >= 0.3 is 5.97 Å². The van der Waals surface area contributed by atoms with Crippen LogP contribution in [0.5, 0.6) is 0 Å². The number of nitrogens with zero attached hydrogens (tertiary/aromatic N) is 3. The minimum absolute atomic E-state index is 0.0898. The van der Waals surface area contributed by atoms with Gasteiger partial charge in [0.05, 0.1) is 13.0 Å². The van der Waals surface area contributed by atoms with Crippen LogP contribution in [0.25, 0.3) is 10.4 Å². The average Bonchev–Trinajstić information content (AvgIpc) is 2.63. The largest absolute Gasteiger partial charge is 0.481 e. The van der Waals surface area contributed by atoms with E-state index in [2.05, 4.69) is 32.5 Å². The predicted molar refractivity (Wildman–Crippen MR) is 101 cm³/mol. The summed E-state index contributed by atoms with van der Waals surface area (Å²) in [4.78, 5) is 37.2. The van der Waals surface area contributed by atoms with Crippen LogP contribution in [0.15, 0.2) is 29.4 Å². The molecule has 0 radical (unpaired) electrons. The fraction of sp³-hybridized carbons (Fsp3) is 0.294. The van der Waals surface area contributed by atoms with Gasteiger partial charge in [-0.25, -0.2) is 0 Å². The highest BCUT2D eigenvalue weighted by Gasteiger charge is 2.14. The van der Waals surface area contributed by atoms with Crippen molar-refractivity contribution in [3.05, 3.63) is 40.3 Å². The Bertz CT molecular complexity index is 848. The molecule has 1 unspecified atom stereocenters. The van der Waals surface area contributed by atoms with E-state index in [9.17, 15) is 14.4 Å². The first-order valence-corrected chi connectivity index (χ1v) is 8.06. The van der Waals surface area contributed by atoms with E-state index in [1.54, 1.807) is 24.3 Å². The van der Waals surface area contributed by atoms with Crippen LogP contribution in [0.1, 0.15) is 24.8 Å². The van der Waals surface area contributed by atoms with Crippen LogP contribution in [0.2, 0.25) is 0 Å². The van der Waals surface area contributed by atoms with Gasteiger partial charge < -0.3 is 21.5 Å². The topological polar surface area (TPSA) is 194 Å². The van der Waals surface area contributed by atoms with Crippen LogP contribution in [-0.4, -0.2) is 41.3 Å². The van der Waals surface area contributed by atoms with Gasteiger partial charge in [0, 0.05) is 29.0 Å². The second kappa shape index (κ2) is 11.6. The van der Waals surface area contributed by atoms with E-state index in [4.69, 9.17) is 21.8 Å². The number of amides is 2. The molecule has 0 aliphatic heterocycles. The Hall–Kier alpha value is -4.03. The molecule has 28 heavy (non-hydrogen) atoms. The van der Waals surface area contributed by atoms with E-state index in [-0.39, 0.29) is 25.2 Å². The van der Waals surface area contributed by atoms with Crippen molar-refractivity contribution in [2.75, 3.05) is 11.9 Å². The smallest absolute Gasteiger partial charge is 0.306 e. The second-order valence-electron chi connectivity index (χ2n) is 5.47. The van der Waals surface area contributed by atoms with Crippen molar-refractivity contribution in [3.8, 4) is 11.8 Å². The van der Waals surface area contributed by atoms with E-state index in [0.717, 1.165) is 0 Å². The van der Waals surface area contributed by atoms with E-state index in [1.807, 2.05) is 0 Å². The van der Waals surface area contributed by atoms with Crippen molar-refractivity contribution < 1.29 is 19.5 Å². The van der Waals surface area contributed by atoms with Crippen molar-refractivity contribution >= 4 is 29.3 Å². The van der Waals surface area contributed by atoms with Gasteiger partial charge in [-0.3, -0.25) is 19.8 Å². The number of nitrogen functional groups attached to an aromatic ring is 1. The highest BCUT2D eigenvalue weighted by Crippen LogP contribution is 2.10. The van der Waals surface area contributed by atoms with Crippen molar-refractivity contribution in [2.24, 2.45) is 10.8 Å². The fourth-order valence-corrected chi connectivity index (χ4v) is 2.00. The lowest BCUT2D eigenvalue weighted by Crippen LogP contribution is -2.36. The maximum atomic E-state index is 11.9.